The molecule has 1 saturated carbocycles. The fourth-order valence-corrected chi connectivity index (χ4v) is 4.62. The lowest BCUT2D eigenvalue weighted by Gasteiger charge is -2.13. The predicted octanol–water partition coefficient (Wildman–Crippen LogP) is 3.34. The Hall–Kier alpha value is -2.83. The zero-order valence-corrected chi connectivity index (χ0v) is 18.9. The smallest absolute Gasteiger partial charge is 0.332 e. The molecule has 0 aliphatic heterocycles. The highest BCUT2D eigenvalue weighted by Crippen LogP contribution is 2.27. The standard InChI is InChI=1S/C24H33N5O2/c1-4-14-29-23(30)21-22(26-20(25-21)16-18-7-5-6-8-18)28(24(29)31)15-13-17-9-11-19(12-10-17)27(2)3/h9-12,18H,4-8,13-16H2,1-3H3,(H,25,26). The zero-order valence-electron chi connectivity index (χ0n) is 18.9. The largest absolute Gasteiger partial charge is 0.378 e. The summed E-state index contributed by atoms with van der Waals surface area (Å²) in [4.78, 5) is 36.2. The number of benzene rings is 1. The van der Waals surface area contributed by atoms with Crippen molar-refractivity contribution in [2.45, 2.75) is 65.0 Å². The highest BCUT2D eigenvalue weighted by molar-refractivity contribution is 5.69. The first kappa shape index (κ1) is 21.4. The van der Waals surface area contributed by atoms with Crippen LogP contribution in [0.4, 0.5) is 5.69 Å². The summed E-state index contributed by atoms with van der Waals surface area (Å²) in [7, 11) is 4.03. The molecule has 3 aromatic rings. The Labute approximate surface area is 182 Å². The third kappa shape index (κ3) is 4.45. The molecule has 4 rings (SSSR count). The first-order valence-corrected chi connectivity index (χ1v) is 11.5. The van der Waals surface area contributed by atoms with Crippen LogP contribution in [0.25, 0.3) is 11.2 Å². The summed E-state index contributed by atoms with van der Waals surface area (Å²) in [6.07, 6.45) is 7.26. The van der Waals surface area contributed by atoms with E-state index in [0.717, 1.165) is 29.9 Å². The lowest BCUT2D eigenvalue weighted by molar-refractivity contribution is 0.533. The maximum absolute atomic E-state index is 13.2. The normalized spacial score (nSPS) is 14.5. The molecule has 0 unspecified atom stereocenters. The van der Waals surface area contributed by atoms with Crippen LogP contribution in [0.1, 0.15) is 50.4 Å². The molecule has 1 aromatic carbocycles. The van der Waals surface area contributed by atoms with E-state index in [1.54, 1.807) is 4.57 Å². The molecule has 166 valence electrons. The van der Waals surface area contributed by atoms with E-state index in [1.165, 1.54) is 30.3 Å². The van der Waals surface area contributed by atoms with Crippen LogP contribution in [0.2, 0.25) is 0 Å². The highest BCUT2D eigenvalue weighted by atomic mass is 16.2. The van der Waals surface area contributed by atoms with Crippen molar-refractivity contribution >= 4 is 16.9 Å². The predicted molar refractivity (Wildman–Crippen MR) is 125 cm³/mol. The third-order valence-corrected chi connectivity index (χ3v) is 6.39. The van der Waals surface area contributed by atoms with E-state index < -0.39 is 0 Å². The van der Waals surface area contributed by atoms with Crippen LogP contribution >= 0.6 is 0 Å². The number of aromatic nitrogens is 4. The molecule has 7 heteroatoms. The van der Waals surface area contributed by atoms with Crippen LogP contribution in [0.3, 0.4) is 0 Å². The maximum atomic E-state index is 13.2. The summed E-state index contributed by atoms with van der Waals surface area (Å²) in [5.74, 6) is 1.45. The van der Waals surface area contributed by atoms with Crippen molar-refractivity contribution < 1.29 is 0 Å². The summed E-state index contributed by atoms with van der Waals surface area (Å²) in [6.45, 7) is 2.89. The summed E-state index contributed by atoms with van der Waals surface area (Å²) < 4.78 is 3.04. The minimum absolute atomic E-state index is 0.251. The van der Waals surface area contributed by atoms with Crippen LogP contribution < -0.4 is 16.1 Å². The third-order valence-electron chi connectivity index (χ3n) is 6.39. The average Bonchev–Trinajstić information content (AvgIpc) is 3.42. The van der Waals surface area contributed by atoms with E-state index in [4.69, 9.17) is 4.98 Å². The molecule has 0 amide bonds. The van der Waals surface area contributed by atoms with Gasteiger partial charge in [0, 0.05) is 39.3 Å². The van der Waals surface area contributed by atoms with Crippen molar-refractivity contribution in [2.75, 3.05) is 19.0 Å². The van der Waals surface area contributed by atoms with E-state index in [1.807, 2.05) is 21.0 Å². The maximum Gasteiger partial charge on any atom is 0.332 e. The number of hydrogen-bond donors (Lipinski definition) is 1. The molecular formula is C24H33N5O2. The Morgan fingerprint density at radius 1 is 1.06 bits per heavy atom. The lowest BCUT2D eigenvalue weighted by atomic mass is 10.0. The Morgan fingerprint density at radius 3 is 2.42 bits per heavy atom. The van der Waals surface area contributed by atoms with E-state index in [-0.39, 0.29) is 11.2 Å². The quantitative estimate of drug-likeness (QED) is 0.603. The number of anilines is 1. The topological polar surface area (TPSA) is 75.9 Å². The van der Waals surface area contributed by atoms with Gasteiger partial charge in [0.15, 0.2) is 5.65 Å². The van der Waals surface area contributed by atoms with Gasteiger partial charge in [-0.3, -0.25) is 13.9 Å². The molecule has 2 aromatic heterocycles. The number of aryl methyl sites for hydroxylation is 2. The first-order chi connectivity index (χ1) is 15.0. The minimum atomic E-state index is -0.261. The first-order valence-electron chi connectivity index (χ1n) is 11.5. The van der Waals surface area contributed by atoms with Crippen molar-refractivity contribution in [3.63, 3.8) is 0 Å². The molecule has 1 aliphatic carbocycles. The Bertz CT molecular complexity index is 1150. The van der Waals surface area contributed by atoms with Gasteiger partial charge in [-0.1, -0.05) is 44.7 Å². The number of nitrogens with zero attached hydrogens (tertiary/aromatic N) is 4. The number of fused-ring (bicyclic) bond motifs is 1. The van der Waals surface area contributed by atoms with E-state index in [2.05, 4.69) is 34.1 Å². The number of H-pyrrole nitrogens is 1. The molecular weight excluding hydrogens is 390 g/mol. The van der Waals surface area contributed by atoms with Gasteiger partial charge in [-0.05, 0) is 36.5 Å². The van der Waals surface area contributed by atoms with E-state index in [9.17, 15) is 9.59 Å². The van der Waals surface area contributed by atoms with Crippen molar-refractivity contribution in [2.24, 2.45) is 5.92 Å². The summed E-state index contributed by atoms with van der Waals surface area (Å²) in [5, 5.41) is 0. The fraction of sp³-hybridized carbons (Fsp3) is 0.542. The van der Waals surface area contributed by atoms with Crippen molar-refractivity contribution in [3.8, 4) is 0 Å². The summed E-state index contributed by atoms with van der Waals surface area (Å²) in [6, 6.07) is 8.35. The summed E-state index contributed by atoms with van der Waals surface area (Å²) >= 11 is 0. The molecule has 7 nitrogen and oxygen atoms in total. The van der Waals surface area contributed by atoms with Crippen LogP contribution in [0.15, 0.2) is 33.9 Å². The highest BCUT2D eigenvalue weighted by Gasteiger charge is 2.21. The van der Waals surface area contributed by atoms with Crippen LogP contribution in [0.5, 0.6) is 0 Å². The van der Waals surface area contributed by atoms with E-state index >= 15 is 0 Å². The van der Waals surface area contributed by atoms with Gasteiger partial charge in [0.25, 0.3) is 5.56 Å². The molecule has 0 radical (unpaired) electrons. The number of hydrogen-bond acceptors (Lipinski definition) is 4. The van der Waals surface area contributed by atoms with Crippen LogP contribution in [0, 0.1) is 5.92 Å². The number of nitrogens with one attached hydrogen (secondary N) is 1. The van der Waals surface area contributed by atoms with Crippen molar-refractivity contribution in [1.82, 2.24) is 19.1 Å². The second kappa shape index (κ2) is 9.12. The molecule has 1 fully saturated rings. The Balaban J connectivity index is 1.68. The number of aromatic amines is 1. The van der Waals surface area contributed by atoms with Gasteiger partial charge in [0.05, 0.1) is 0 Å². The molecule has 0 saturated heterocycles. The molecule has 31 heavy (non-hydrogen) atoms. The van der Waals surface area contributed by atoms with Crippen molar-refractivity contribution in [3.05, 3.63) is 56.5 Å². The lowest BCUT2D eigenvalue weighted by Crippen LogP contribution is -2.40. The molecule has 0 atom stereocenters. The van der Waals surface area contributed by atoms with Gasteiger partial charge < -0.3 is 9.88 Å². The monoisotopic (exact) mass is 423 g/mol. The SMILES string of the molecule is CCCn1c(=O)c2[nH]c(CC3CCCC3)nc2n(CCc2ccc(N(C)C)cc2)c1=O. The van der Waals surface area contributed by atoms with Gasteiger partial charge in [0.2, 0.25) is 0 Å². The van der Waals surface area contributed by atoms with Gasteiger partial charge in [-0.2, -0.15) is 0 Å². The number of rotatable bonds is 8. The average molecular weight is 424 g/mol. The Kier molecular flexibility index (Phi) is 6.30. The fourth-order valence-electron chi connectivity index (χ4n) is 4.62. The second-order valence-corrected chi connectivity index (χ2v) is 8.94. The van der Waals surface area contributed by atoms with Gasteiger partial charge in [-0.25, -0.2) is 9.78 Å². The molecule has 0 spiro atoms. The van der Waals surface area contributed by atoms with Crippen LogP contribution in [-0.2, 0) is 25.9 Å². The molecule has 1 N–H and O–H groups in total. The van der Waals surface area contributed by atoms with Gasteiger partial charge in [-0.15, -0.1) is 0 Å². The molecule has 1 aliphatic rings. The minimum Gasteiger partial charge on any atom is -0.378 e. The van der Waals surface area contributed by atoms with Gasteiger partial charge in [0.1, 0.15) is 11.3 Å². The van der Waals surface area contributed by atoms with Gasteiger partial charge >= 0.3 is 5.69 Å². The van der Waals surface area contributed by atoms with Crippen LogP contribution in [-0.4, -0.2) is 33.2 Å². The van der Waals surface area contributed by atoms with E-state index in [0.29, 0.717) is 36.6 Å². The Morgan fingerprint density at radius 2 is 1.77 bits per heavy atom. The second-order valence-electron chi connectivity index (χ2n) is 8.94. The summed E-state index contributed by atoms with van der Waals surface area (Å²) in [5.41, 5.74) is 2.75. The molecule has 2 heterocycles. The van der Waals surface area contributed by atoms with Crippen molar-refractivity contribution in [1.29, 1.82) is 0 Å². The number of imidazole rings is 1. The zero-order chi connectivity index (χ0) is 22.0. The molecule has 0 bridgehead atoms.